The quantitative estimate of drug-likeness (QED) is 0.550. The van der Waals surface area contributed by atoms with Crippen LogP contribution in [-0.2, 0) is 13.1 Å². The highest BCUT2D eigenvalue weighted by Crippen LogP contribution is 2.14. The van der Waals surface area contributed by atoms with E-state index in [4.69, 9.17) is 5.11 Å². The molecular weight excluding hydrogens is 346 g/mol. The van der Waals surface area contributed by atoms with Crippen LogP contribution in [0.15, 0.2) is 59.7 Å². The summed E-state index contributed by atoms with van der Waals surface area (Å²) < 4.78 is 3.06. The first-order valence-corrected chi connectivity index (χ1v) is 8.47. The third-order valence-electron chi connectivity index (χ3n) is 4.20. The molecule has 0 saturated heterocycles. The predicted molar refractivity (Wildman–Crippen MR) is 99.5 cm³/mol. The molecule has 1 amide bonds. The summed E-state index contributed by atoms with van der Waals surface area (Å²) in [5.74, 6) is -0.413. The van der Waals surface area contributed by atoms with Crippen molar-refractivity contribution in [3.8, 4) is 0 Å². The third kappa shape index (κ3) is 3.42. The molecule has 0 aliphatic heterocycles. The first-order valence-electron chi connectivity index (χ1n) is 8.47. The average Bonchev–Trinajstić information content (AvgIpc) is 3.08. The van der Waals surface area contributed by atoms with Gasteiger partial charge in [0.1, 0.15) is 11.3 Å². The van der Waals surface area contributed by atoms with Crippen molar-refractivity contribution in [2.45, 2.75) is 13.1 Å². The van der Waals surface area contributed by atoms with Gasteiger partial charge in [0.15, 0.2) is 0 Å². The molecule has 0 fully saturated rings. The Morgan fingerprint density at radius 1 is 1.19 bits per heavy atom. The number of aliphatic hydroxyl groups excluding tert-OH is 1. The van der Waals surface area contributed by atoms with Gasteiger partial charge in [-0.15, -0.1) is 0 Å². The fourth-order valence-corrected chi connectivity index (χ4v) is 2.88. The van der Waals surface area contributed by atoms with Crippen LogP contribution in [0.25, 0.3) is 16.6 Å². The first kappa shape index (κ1) is 16.9. The summed E-state index contributed by atoms with van der Waals surface area (Å²) in [5, 5.41) is 17.1. The smallest absolute Gasteiger partial charge is 0.270 e. The Hall–Kier alpha value is -3.52. The molecule has 0 bridgehead atoms. The van der Waals surface area contributed by atoms with Crippen LogP contribution in [0.5, 0.6) is 0 Å². The van der Waals surface area contributed by atoms with E-state index >= 15 is 0 Å². The number of aliphatic hydroxyl groups is 1. The highest BCUT2D eigenvalue weighted by atomic mass is 16.3. The highest BCUT2D eigenvalue weighted by molar-refractivity contribution is 5.92. The number of fused-ring (bicyclic) bond motifs is 2. The van der Waals surface area contributed by atoms with Crippen LogP contribution in [0.3, 0.4) is 0 Å². The lowest BCUT2D eigenvalue weighted by atomic mass is 10.1. The van der Waals surface area contributed by atoms with E-state index in [9.17, 15) is 9.59 Å². The van der Waals surface area contributed by atoms with E-state index in [0.29, 0.717) is 12.2 Å². The fraction of sp³-hybridized carbons (Fsp3) is 0.158. The number of nitrogens with one attached hydrogen (secondary N) is 1. The van der Waals surface area contributed by atoms with E-state index in [-0.39, 0.29) is 24.4 Å². The van der Waals surface area contributed by atoms with E-state index in [1.165, 1.54) is 10.5 Å². The summed E-state index contributed by atoms with van der Waals surface area (Å²) in [7, 11) is 0. The molecule has 3 heterocycles. The minimum Gasteiger partial charge on any atom is -0.394 e. The van der Waals surface area contributed by atoms with Gasteiger partial charge in [0.2, 0.25) is 0 Å². The molecule has 0 radical (unpaired) electrons. The lowest BCUT2D eigenvalue weighted by Crippen LogP contribution is -2.26. The second-order valence-electron chi connectivity index (χ2n) is 6.10. The summed E-state index contributed by atoms with van der Waals surface area (Å²) >= 11 is 0. The second kappa shape index (κ2) is 7.00. The minimum atomic E-state index is -0.413. The Bertz CT molecular complexity index is 1190. The Morgan fingerprint density at radius 3 is 2.93 bits per heavy atom. The molecule has 3 aromatic heterocycles. The molecule has 136 valence electrons. The van der Waals surface area contributed by atoms with E-state index in [0.717, 1.165) is 16.5 Å². The van der Waals surface area contributed by atoms with E-state index in [1.807, 2.05) is 24.4 Å². The lowest BCUT2D eigenvalue weighted by molar-refractivity contribution is 0.0946. The van der Waals surface area contributed by atoms with Gasteiger partial charge in [-0.1, -0.05) is 18.2 Å². The van der Waals surface area contributed by atoms with Crippen LogP contribution in [0.1, 0.15) is 16.1 Å². The third-order valence-corrected chi connectivity index (χ3v) is 4.20. The molecule has 4 aromatic rings. The maximum absolute atomic E-state index is 12.4. The van der Waals surface area contributed by atoms with E-state index in [1.54, 1.807) is 29.1 Å². The highest BCUT2D eigenvalue weighted by Gasteiger charge is 2.11. The largest absolute Gasteiger partial charge is 0.394 e. The van der Waals surface area contributed by atoms with Gasteiger partial charge in [-0.05, 0) is 23.8 Å². The molecule has 4 rings (SSSR count). The van der Waals surface area contributed by atoms with Crippen molar-refractivity contribution < 1.29 is 9.90 Å². The minimum absolute atomic E-state index is 0.0235. The van der Waals surface area contributed by atoms with Crippen LogP contribution in [0, 0.1) is 0 Å². The molecular formula is C19H17N5O3. The molecule has 8 nitrogen and oxygen atoms in total. The first-order chi connectivity index (χ1) is 13.1. The Morgan fingerprint density at radius 2 is 2.07 bits per heavy atom. The summed E-state index contributed by atoms with van der Waals surface area (Å²) in [6.07, 6.45) is 3.47. The Kier molecular flexibility index (Phi) is 4.39. The average molecular weight is 363 g/mol. The van der Waals surface area contributed by atoms with Crippen LogP contribution in [-0.4, -0.2) is 36.8 Å². The van der Waals surface area contributed by atoms with Gasteiger partial charge in [0.05, 0.1) is 18.7 Å². The molecule has 0 atom stereocenters. The lowest BCUT2D eigenvalue weighted by Gasteiger charge is -2.06. The second-order valence-corrected chi connectivity index (χ2v) is 6.10. The standard InChI is InChI=1S/C19H17N5O3/c25-8-7-23-12-14-5-4-13(9-15(14)22-23)11-20-19(27)16-10-18(26)24-6-2-1-3-17(24)21-16/h1-6,9-10,12,25H,7-8,11H2,(H,20,27). The fourth-order valence-electron chi connectivity index (χ4n) is 2.88. The Balaban J connectivity index is 1.52. The zero-order valence-corrected chi connectivity index (χ0v) is 14.4. The van der Waals surface area contributed by atoms with Gasteiger partial charge in [-0.25, -0.2) is 4.98 Å². The van der Waals surface area contributed by atoms with E-state index in [2.05, 4.69) is 15.4 Å². The predicted octanol–water partition coefficient (Wildman–Crippen LogP) is 0.966. The van der Waals surface area contributed by atoms with Crippen LogP contribution >= 0.6 is 0 Å². The number of carbonyl (C=O) groups excluding carboxylic acids is 1. The maximum Gasteiger partial charge on any atom is 0.270 e. The van der Waals surface area contributed by atoms with Crippen LogP contribution in [0.4, 0.5) is 0 Å². The molecule has 1 aromatic carbocycles. The van der Waals surface area contributed by atoms with Crippen molar-refractivity contribution in [1.82, 2.24) is 24.5 Å². The van der Waals surface area contributed by atoms with Gasteiger partial charge in [0, 0.05) is 30.4 Å². The van der Waals surface area contributed by atoms with Crippen molar-refractivity contribution in [3.63, 3.8) is 0 Å². The number of nitrogens with zero attached hydrogens (tertiary/aromatic N) is 4. The summed E-state index contributed by atoms with van der Waals surface area (Å²) in [4.78, 5) is 28.7. The van der Waals surface area contributed by atoms with Crippen molar-refractivity contribution in [2.75, 3.05) is 6.61 Å². The number of rotatable bonds is 5. The summed E-state index contributed by atoms with van der Waals surface area (Å²) in [6, 6.07) is 12.1. The number of pyridine rings is 1. The van der Waals surface area contributed by atoms with Gasteiger partial charge >= 0.3 is 0 Å². The topological polar surface area (TPSA) is 102 Å². The van der Waals surface area contributed by atoms with Gasteiger partial charge in [0.25, 0.3) is 11.5 Å². The molecule has 0 aliphatic rings. The summed E-state index contributed by atoms with van der Waals surface area (Å²) in [5.41, 5.74) is 1.87. The zero-order chi connectivity index (χ0) is 18.8. The van der Waals surface area contributed by atoms with Crippen molar-refractivity contribution in [1.29, 1.82) is 0 Å². The monoisotopic (exact) mass is 363 g/mol. The van der Waals surface area contributed by atoms with E-state index < -0.39 is 5.91 Å². The van der Waals surface area contributed by atoms with Crippen molar-refractivity contribution >= 4 is 22.5 Å². The normalized spacial score (nSPS) is 11.1. The maximum atomic E-state index is 12.4. The number of amides is 1. The number of aromatic nitrogens is 4. The number of carbonyl (C=O) groups is 1. The van der Waals surface area contributed by atoms with Crippen molar-refractivity contribution in [3.05, 3.63) is 76.5 Å². The number of hydrogen-bond donors (Lipinski definition) is 2. The number of benzene rings is 1. The van der Waals surface area contributed by atoms with Gasteiger partial charge < -0.3 is 10.4 Å². The van der Waals surface area contributed by atoms with Gasteiger partial charge in [-0.2, -0.15) is 5.10 Å². The molecule has 0 spiro atoms. The van der Waals surface area contributed by atoms with Gasteiger partial charge in [-0.3, -0.25) is 18.7 Å². The molecule has 27 heavy (non-hydrogen) atoms. The number of hydrogen-bond acceptors (Lipinski definition) is 5. The molecule has 8 heteroatoms. The molecule has 0 unspecified atom stereocenters. The van der Waals surface area contributed by atoms with Crippen LogP contribution < -0.4 is 10.9 Å². The van der Waals surface area contributed by atoms with Crippen LogP contribution in [0.2, 0.25) is 0 Å². The summed E-state index contributed by atoms with van der Waals surface area (Å²) in [6.45, 7) is 0.747. The molecule has 0 aliphatic carbocycles. The Labute approximate surface area is 153 Å². The molecule has 0 saturated carbocycles. The zero-order valence-electron chi connectivity index (χ0n) is 14.4. The SMILES string of the molecule is O=C(NCc1ccc2cn(CCO)nc2c1)c1cc(=O)n2ccccc2n1. The molecule has 2 N–H and O–H groups in total. The van der Waals surface area contributed by atoms with Crippen molar-refractivity contribution in [2.24, 2.45) is 0 Å².